The Balaban J connectivity index is 0.909. The van der Waals surface area contributed by atoms with Gasteiger partial charge in [-0.25, -0.2) is 19.4 Å². The van der Waals surface area contributed by atoms with Crippen LogP contribution in [0.15, 0.2) is 42.9 Å². The summed E-state index contributed by atoms with van der Waals surface area (Å²) in [6, 6.07) is 8.17. The molecule has 1 spiro atoms. The third-order valence-electron chi connectivity index (χ3n) is 11.3. The molecule has 0 atom stereocenters. The van der Waals surface area contributed by atoms with Gasteiger partial charge in [0.25, 0.3) is 5.91 Å². The van der Waals surface area contributed by atoms with Crippen molar-refractivity contribution in [1.29, 1.82) is 0 Å². The van der Waals surface area contributed by atoms with Gasteiger partial charge in [0.05, 0.1) is 24.0 Å². The molecule has 0 bridgehead atoms. The number of aromatic amines is 1. The lowest BCUT2D eigenvalue weighted by Crippen LogP contribution is -2.73. The molecule has 0 radical (unpaired) electrons. The van der Waals surface area contributed by atoms with E-state index in [1.807, 2.05) is 50.9 Å². The topological polar surface area (TPSA) is 137 Å². The van der Waals surface area contributed by atoms with Crippen molar-refractivity contribution < 1.29 is 27.5 Å². The molecule has 3 aromatic heterocycles. The second-order valence-electron chi connectivity index (χ2n) is 17.3. The minimum Gasteiger partial charge on any atom is -0.444 e. The number of halogens is 3. The van der Waals surface area contributed by atoms with Crippen molar-refractivity contribution in [2.24, 2.45) is 11.3 Å². The number of likely N-dealkylation sites (tertiary alicyclic amines) is 2. The van der Waals surface area contributed by atoms with Gasteiger partial charge in [0.15, 0.2) is 5.82 Å². The maximum absolute atomic E-state index is 13.4. The number of ether oxygens (including phenoxy) is 1. The van der Waals surface area contributed by atoms with E-state index in [0.717, 1.165) is 106 Å². The normalized spacial score (nSPS) is 17.8. The number of H-pyrrole nitrogens is 1. The van der Waals surface area contributed by atoms with Crippen LogP contribution in [0.4, 0.5) is 23.8 Å². The van der Waals surface area contributed by atoms with E-state index in [4.69, 9.17) is 9.72 Å². The van der Waals surface area contributed by atoms with Crippen LogP contribution in [0.5, 0.6) is 0 Å². The summed E-state index contributed by atoms with van der Waals surface area (Å²) in [6.07, 6.45) is 2.49. The molecule has 0 aliphatic carbocycles. The highest BCUT2D eigenvalue weighted by Gasteiger charge is 2.54. The number of rotatable bonds is 9. The smallest absolute Gasteiger partial charge is 0.410 e. The molecular formula is C40H51F3N10O3. The number of hydrogen-bond acceptors (Lipinski definition) is 9. The number of benzene rings is 1. The fraction of sp³-hybridized carbons (Fsp3) is 0.550. The van der Waals surface area contributed by atoms with Crippen LogP contribution in [0.3, 0.4) is 0 Å². The molecule has 2 N–H and O–H groups in total. The van der Waals surface area contributed by atoms with Gasteiger partial charge in [0, 0.05) is 69.2 Å². The van der Waals surface area contributed by atoms with E-state index in [1.165, 1.54) is 6.20 Å². The number of hydrogen-bond donors (Lipinski definition) is 2. The van der Waals surface area contributed by atoms with Gasteiger partial charge in [-0.3, -0.25) is 9.89 Å². The summed E-state index contributed by atoms with van der Waals surface area (Å²) in [4.78, 5) is 40.9. The molecule has 6 heterocycles. The Bertz CT molecular complexity index is 2060. The lowest BCUT2D eigenvalue weighted by molar-refractivity contribution is -0.182. The first kappa shape index (κ1) is 39.3. The Morgan fingerprint density at radius 2 is 1.70 bits per heavy atom. The third kappa shape index (κ3) is 7.98. The zero-order valence-electron chi connectivity index (χ0n) is 33.1. The summed E-state index contributed by atoms with van der Waals surface area (Å²) in [6.45, 7) is 18.4. The molecule has 4 aromatic rings. The van der Waals surface area contributed by atoms with Crippen LogP contribution < -0.4 is 10.2 Å². The Morgan fingerprint density at radius 3 is 2.34 bits per heavy atom. The van der Waals surface area contributed by atoms with Gasteiger partial charge in [-0.1, -0.05) is 6.07 Å². The lowest BCUT2D eigenvalue weighted by Gasteiger charge is -2.60. The Morgan fingerprint density at radius 1 is 0.982 bits per heavy atom. The summed E-state index contributed by atoms with van der Waals surface area (Å²) in [5.41, 5.74) is 2.71. The summed E-state index contributed by atoms with van der Waals surface area (Å²) in [7, 11) is 0. The minimum absolute atomic E-state index is 0.113. The number of carbonyl (C=O) groups is 2. The molecule has 2 amide bonds. The van der Waals surface area contributed by atoms with Gasteiger partial charge >= 0.3 is 12.3 Å². The van der Waals surface area contributed by atoms with Crippen LogP contribution in [-0.2, 0) is 16.7 Å². The number of alkyl halides is 3. The van der Waals surface area contributed by atoms with Gasteiger partial charge in [-0.2, -0.15) is 23.4 Å². The van der Waals surface area contributed by atoms with Gasteiger partial charge in [-0.15, -0.1) is 0 Å². The van der Waals surface area contributed by atoms with Crippen LogP contribution >= 0.6 is 0 Å². The molecule has 13 nitrogen and oxygen atoms in total. The van der Waals surface area contributed by atoms with E-state index in [9.17, 15) is 22.8 Å². The van der Waals surface area contributed by atoms with Crippen molar-refractivity contribution in [2.45, 2.75) is 85.0 Å². The molecule has 3 saturated heterocycles. The molecule has 16 heteroatoms. The molecule has 3 fully saturated rings. The third-order valence-corrected chi connectivity index (χ3v) is 11.3. The van der Waals surface area contributed by atoms with Crippen molar-refractivity contribution in [3.63, 3.8) is 0 Å². The number of nitrogens with zero attached hydrogens (tertiary/aromatic N) is 8. The molecule has 3 aliphatic rings. The number of anilines is 1. The molecule has 56 heavy (non-hydrogen) atoms. The van der Waals surface area contributed by atoms with Crippen LogP contribution in [0.1, 0.15) is 80.6 Å². The first-order valence-electron chi connectivity index (χ1n) is 19.1. The number of amides is 2. The Labute approximate surface area is 325 Å². The summed E-state index contributed by atoms with van der Waals surface area (Å²) in [5, 5.41) is 13.3. The lowest BCUT2D eigenvalue weighted by atomic mass is 9.72. The fourth-order valence-corrected chi connectivity index (χ4v) is 8.03. The van der Waals surface area contributed by atoms with Crippen molar-refractivity contribution in [3.05, 3.63) is 71.2 Å². The molecule has 7 rings (SSSR count). The van der Waals surface area contributed by atoms with Crippen LogP contribution in [0.25, 0.3) is 16.8 Å². The number of aromatic nitrogens is 6. The van der Waals surface area contributed by atoms with Gasteiger partial charge in [0.2, 0.25) is 0 Å². The summed E-state index contributed by atoms with van der Waals surface area (Å²) in [5.74, 6) is 0.880. The van der Waals surface area contributed by atoms with Crippen LogP contribution in [0.2, 0.25) is 0 Å². The molecule has 0 saturated carbocycles. The molecular weight excluding hydrogens is 726 g/mol. The fourth-order valence-electron chi connectivity index (χ4n) is 8.03. The average Bonchev–Trinajstić information content (AvgIpc) is 3.78. The van der Waals surface area contributed by atoms with Crippen molar-refractivity contribution in [2.75, 3.05) is 50.7 Å². The Kier molecular flexibility index (Phi) is 10.2. The standard InChI is InChI=1S/C40H51F3N10O3/c1-25-8-10-30(53-20-29(17-46-53)34(54)45-18-31-47-35(49-48-31)38(6,7)40(41,42)43)26(2)33(25)28-9-11-32(44-16-28)51-14-12-27(13-15-51)19-50-21-39(22-50)23-52(24-39)36(55)56-37(3,4)5/h8-11,16-17,20,27H,12-15,18-19,21-24H2,1-7H3,(H,45,54)(H,47,48,49). The highest BCUT2D eigenvalue weighted by atomic mass is 19.4. The Hall–Kier alpha value is -4.99. The van der Waals surface area contributed by atoms with Gasteiger partial charge in [0.1, 0.15) is 22.7 Å². The molecule has 0 unspecified atom stereocenters. The number of carbonyl (C=O) groups excluding carboxylic acids is 2. The van der Waals surface area contributed by atoms with Gasteiger partial charge < -0.3 is 24.8 Å². The summed E-state index contributed by atoms with van der Waals surface area (Å²) >= 11 is 0. The van der Waals surface area contributed by atoms with Crippen molar-refractivity contribution in [3.8, 4) is 16.8 Å². The predicted molar refractivity (Wildman–Crippen MR) is 205 cm³/mol. The quantitative estimate of drug-likeness (QED) is 0.203. The first-order valence-corrected chi connectivity index (χ1v) is 19.1. The van der Waals surface area contributed by atoms with Gasteiger partial charge in [-0.05, 0) is 102 Å². The van der Waals surface area contributed by atoms with E-state index < -0.39 is 28.9 Å². The number of pyridine rings is 1. The highest BCUT2D eigenvalue weighted by molar-refractivity contribution is 5.93. The maximum atomic E-state index is 13.4. The molecule has 300 valence electrons. The van der Waals surface area contributed by atoms with Crippen molar-refractivity contribution in [1.82, 2.24) is 45.1 Å². The largest absolute Gasteiger partial charge is 0.444 e. The van der Waals surface area contributed by atoms with E-state index in [1.54, 1.807) is 10.9 Å². The minimum atomic E-state index is -4.52. The van der Waals surface area contributed by atoms with E-state index in [-0.39, 0.29) is 29.4 Å². The number of piperidine rings is 1. The number of aryl methyl sites for hydroxylation is 1. The summed E-state index contributed by atoms with van der Waals surface area (Å²) < 4.78 is 47.4. The van der Waals surface area contributed by atoms with Crippen LogP contribution in [-0.4, -0.2) is 109 Å². The average molecular weight is 777 g/mol. The molecule has 3 aliphatic heterocycles. The number of nitrogens with one attached hydrogen (secondary N) is 2. The van der Waals surface area contributed by atoms with E-state index in [0.29, 0.717) is 5.92 Å². The first-order chi connectivity index (χ1) is 26.3. The maximum Gasteiger partial charge on any atom is 0.410 e. The second-order valence-corrected chi connectivity index (χ2v) is 17.3. The highest BCUT2D eigenvalue weighted by Crippen LogP contribution is 2.41. The molecule has 1 aromatic carbocycles. The SMILES string of the molecule is Cc1ccc(-n2cc(C(=O)NCc3nc(C(C)(C)C(F)(F)F)n[nH]3)cn2)c(C)c1-c1ccc(N2CCC(CN3CC4(C3)CN(C(=O)OC(C)(C)C)C4)CC2)nc1. The zero-order valence-corrected chi connectivity index (χ0v) is 33.1. The van der Waals surface area contributed by atoms with E-state index in [2.05, 4.69) is 54.5 Å². The second kappa shape index (κ2) is 14.5. The monoisotopic (exact) mass is 776 g/mol. The van der Waals surface area contributed by atoms with Crippen LogP contribution in [0, 0.1) is 25.2 Å². The predicted octanol–water partition coefficient (Wildman–Crippen LogP) is 6.21. The van der Waals surface area contributed by atoms with Crippen molar-refractivity contribution >= 4 is 17.8 Å². The zero-order chi connectivity index (χ0) is 40.2. The van der Waals surface area contributed by atoms with E-state index >= 15 is 0 Å².